The summed E-state index contributed by atoms with van der Waals surface area (Å²) in [5.41, 5.74) is 1.32. The van der Waals surface area contributed by atoms with Gasteiger partial charge in [-0.05, 0) is 35.2 Å². The molecule has 1 saturated heterocycles. The second kappa shape index (κ2) is 5.92. The van der Waals surface area contributed by atoms with Gasteiger partial charge in [-0.2, -0.15) is 0 Å². The molecule has 2 aromatic carbocycles. The molecule has 1 aliphatic rings. The van der Waals surface area contributed by atoms with E-state index in [-0.39, 0.29) is 11.7 Å². The summed E-state index contributed by atoms with van der Waals surface area (Å²) in [5, 5.41) is 13.3. The normalized spacial score (nSPS) is 17.3. The molecular weight excluding hydrogens is 302 g/mol. The number of aromatic nitrogens is 1. The highest BCUT2D eigenvalue weighted by atomic mass is 16.6. The first-order chi connectivity index (χ1) is 11.7. The molecule has 0 bridgehead atoms. The third kappa shape index (κ3) is 2.48. The average molecular weight is 319 g/mol. The highest BCUT2D eigenvalue weighted by Crippen LogP contribution is 2.38. The molecule has 24 heavy (non-hydrogen) atoms. The van der Waals surface area contributed by atoms with Gasteiger partial charge >= 0.3 is 0 Å². The number of hydrogen-bond acceptors (Lipinski definition) is 4. The second-order valence-corrected chi connectivity index (χ2v) is 6.05. The molecule has 5 nitrogen and oxygen atoms in total. The van der Waals surface area contributed by atoms with Gasteiger partial charge in [-0.1, -0.05) is 42.5 Å². The van der Waals surface area contributed by atoms with Crippen molar-refractivity contribution in [1.29, 1.82) is 0 Å². The molecule has 4 rings (SSSR count). The Labute approximate surface area is 139 Å². The van der Waals surface area contributed by atoms with Crippen LogP contribution in [-0.2, 0) is 0 Å². The molecular formula is C19H17N3O2. The van der Waals surface area contributed by atoms with Gasteiger partial charge in [0.15, 0.2) is 0 Å². The smallest absolute Gasteiger partial charge is 0.287 e. The van der Waals surface area contributed by atoms with Crippen LogP contribution in [0.1, 0.15) is 24.4 Å². The van der Waals surface area contributed by atoms with E-state index in [0.29, 0.717) is 0 Å². The molecule has 2 heterocycles. The lowest BCUT2D eigenvalue weighted by Crippen LogP contribution is -2.23. The van der Waals surface area contributed by atoms with Crippen LogP contribution in [0, 0.1) is 10.1 Å². The summed E-state index contributed by atoms with van der Waals surface area (Å²) in [5.74, 6) is 0.802. The number of nitro groups is 1. The molecule has 0 N–H and O–H groups in total. The number of pyridine rings is 1. The summed E-state index contributed by atoms with van der Waals surface area (Å²) in [6, 6.07) is 18.3. The molecule has 3 aromatic rings. The third-order valence-corrected chi connectivity index (χ3v) is 4.67. The highest BCUT2D eigenvalue weighted by molar-refractivity contribution is 5.86. The van der Waals surface area contributed by atoms with Gasteiger partial charge in [0.25, 0.3) is 5.69 Å². The van der Waals surface area contributed by atoms with Crippen LogP contribution in [0.5, 0.6) is 0 Å². The van der Waals surface area contributed by atoms with Gasteiger partial charge in [0, 0.05) is 12.6 Å². The fourth-order valence-electron chi connectivity index (χ4n) is 3.56. The zero-order valence-corrected chi connectivity index (χ0v) is 13.1. The van der Waals surface area contributed by atoms with Crippen molar-refractivity contribution in [3.8, 4) is 0 Å². The van der Waals surface area contributed by atoms with Crippen molar-refractivity contribution >= 4 is 22.3 Å². The van der Waals surface area contributed by atoms with Crippen molar-refractivity contribution < 1.29 is 4.92 Å². The number of benzene rings is 2. The lowest BCUT2D eigenvalue weighted by Gasteiger charge is -2.27. The Morgan fingerprint density at radius 3 is 2.71 bits per heavy atom. The van der Waals surface area contributed by atoms with Crippen LogP contribution >= 0.6 is 0 Å². The molecule has 5 heteroatoms. The van der Waals surface area contributed by atoms with Crippen molar-refractivity contribution in [1.82, 2.24) is 4.98 Å². The average Bonchev–Trinajstić information content (AvgIpc) is 3.11. The molecule has 0 spiro atoms. The maximum absolute atomic E-state index is 10.8. The van der Waals surface area contributed by atoms with Gasteiger partial charge in [-0.15, -0.1) is 0 Å². The van der Waals surface area contributed by atoms with Crippen LogP contribution in [0.25, 0.3) is 10.8 Å². The minimum Gasteiger partial charge on any atom is -0.350 e. The van der Waals surface area contributed by atoms with E-state index in [1.807, 2.05) is 0 Å². The van der Waals surface area contributed by atoms with E-state index in [9.17, 15) is 10.1 Å². The Balaban J connectivity index is 1.73. The fourth-order valence-corrected chi connectivity index (χ4v) is 3.56. The molecule has 1 aliphatic heterocycles. The maximum atomic E-state index is 10.8. The first-order valence-electron chi connectivity index (χ1n) is 8.09. The van der Waals surface area contributed by atoms with Gasteiger partial charge in [-0.3, -0.25) is 10.1 Å². The summed E-state index contributed by atoms with van der Waals surface area (Å²) in [7, 11) is 0. The van der Waals surface area contributed by atoms with Gasteiger partial charge in [0.1, 0.15) is 12.0 Å². The van der Waals surface area contributed by atoms with E-state index < -0.39 is 4.92 Å². The molecule has 1 unspecified atom stereocenters. The lowest BCUT2D eigenvalue weighted by atomic mass is 9.97. The number of nitrogens with zero attached hydrogens (tertiary/aromatic N) is 3. The van der Waals surface area contributed by atoms with Crippen molar-refractivity contribution in [2.75, 3.05) is 11.4 Å². The van der Waals surface area contributed by atoms with Crippen LogP contribution in [0.4, 0.5) is 11.5 Å². The monoisotopic (exact) mass is 319 g/mol. The molecule has 1 fully saturated rings. The largest absolute Gasteiger partial charge is 0.350 e. The molecule has 0 amide bonds. The molecule has 0 radical (unpaired) electrons. The van der Waals surface area contributed by atoms with Gasteiger partial charge < -0.3 is 4.90 Å². The summed E-state index contributed by atoms with van der Waals surface area (Å²) >= 11 is 0. The topological polar surface area (TPSA) is 59.3 Å². The van der Waals surface area contributed by atoms with Crippen molar-refractivity contribution in [3.63, 3.8) is 0 Å². The quantitative estimate of drug-likeness (QED) is 0.527. The minimum absolute atomic E-state index is 0.0275. The number of anilines is 1. The molecule has 0 saturated carbocycles. The number of hydrogen-bond donors (Lipinski definition) is 0. The van der Waals surface area contributed by atoms with Crippen LogP contribution in [0.15, 0.2) is 60.8 Å². The van der Waals surface area contributed by atoms with Crippen LogP contribution in [-0.4, -0.2) is 16.5 Å². The van der Waals surface area contributed by atoms with Crippen molar-refractivity contribution in [2.24, 2.45) is 0 Å². The van der Waals surface area contributed by atoms with E-state index in [1.165, 1.54) is 28.6 Å². The minimum atomic E-state index is -0.414. The maximum Gasteiger partial charge on any atom is 0.287 e. The molecule has 1 atom stereocenters. The van der Waals surface area contributed by atoms with Crippen LogP contribution < -0.4 is 4.90 Å². The SMILES string of the molecule is O=[N+]([O-])c1ccc(N2CCCC2c2cccc3ccccc23)nc1. The zero-order chi connectivity index (χ0) is 16.5. The van der Waals surface area contributed by atoms with Gasteiger partial charge in [-0.25, -0.2) is 4.98 Å². The van der Waals surface area contributed by atoms with Crippen molar-refractivity contribution in [2.45, 2.75) is 18.9 Å². The Kier molecular flexibility index (Phi) is 3.61. The fraction of sp³-hybridized carbons (Fsp3) is 0.211. The van der Waals surface area contributed by atoms with Gasteiger partial charge in [0.2, 0.25) is 0 Å². The standard InChI is InChI=1S/C19H17N3O2/c23-22(24)15-10-11-19(20-13-15)21-12-4-9-18(21)17-8-3-6-14-5-1-2-7-16(14)17/h1-3,5-8,10-11,13,18H,4,9,12H2. The van der Waals surface area contributed by atoms with Crippen LogP contribution in [0.2, 0.25) is 0 Å². The Bertz CT molecular complexity index is 887. The summed E-state index contributed by atoms with van der Waals surface area (Å²) in [4.78, 5) is 17.0. The van der Waals surface area contributed by atoms with E-state index in [2.05, 4.69) is 52.3 Å². The Morgan fingerprint density at radius 1 is 1.08 bits per heavy atom. The first kappa shape index (κ1) is 14.6. The predicted octanol–water partition coefficient (Wildman–Crippen LogP) is 4.48. The van der Waals surface area contributed by atoms with Gasteiger partial charge in [0.05, 0.1) is 11.0 Å². The summed E-state index contributed by atoms with van der Waals surface area (Å²) in [6.07, 6.45) is 3.49. The van der Waals surface area contributed by atoms with Crippen molar-refractivity contribution in [3.05, 3.63) is 76.5 Å². The molecule has 120 valence electrons. The molecule has 0 aliphatic carbocycles. The van der Waals surface area contributed by atoms with Crippen LogP contribution in [0.3, 0.4) is 0 Å². The number of rotatable bonds is 3. The third-order valence-electron chi connectivity index (χ3n) is 4.67. The van der Waals surface area contributed by atoms with E-state index in [0.717, 1.165) is 25.2 Å². The predicted molar refractivity (Wildman–Crippen MR) is 94.2 cm³/mol. The summed E-state index contributed by atoms with van der Waals surface area (Å²) < 4.78 is 0. The summed E-state index contributed by atoms with van der Waals surface area (Å²) in [6.45, 7) is 0.915. The zero-order valence-electron chi connectivity index (χ0n) is 13.1. The Morgan fingerprint density at radius 2 is 1.92 bits per heavy atom. The first-order valence-corrected chi connectivity index (χ1v) is 8.09. The molecule has 1 aromatic heterocycles. The highest BCUT2D eigenvalue weighted by Gasteiger charge is 2.28. The van der Waals surface area contributed by atoms with E-state index in [1.54, 1.807) is 6.07 Å². The second-order valence-electron chi connectivity index (χ2n) is 6.05. The lowest BCUT2D eigenvalue weighted by molar-refractivity contribution is -0.385. The van der Waals surface area contributed by atoms with E-state index >= 15 is 0 Å². The Hall–Kier alpha value is -2.95. The van der Waals surface area contributed by atoms with E-state index in [4.69, 9.17) is 0 Å². The number of fused-ring (bicyclic) bond motifs is 1.